The lowest BCUT2D eigenvalue weighted by Gasteiger charge is -2.45. The van der Waals surface area contributed by atoms with Crippen LogP contribution in [0.2, 0.25) is 5.02 Å². The van der Waals surface area contributed by atoms with E-state index >= 15 is 0 Å². The molecule has 5 aliphatic rings. The number of alkyl halides is 2. The minimum Gasteiger partial charge on any atom is -0.395 e. The number of benzene rings is 3. The van der Waals surface area contributed by atoms with E-state index in [9.17, 15) is 28.0 Å². The average Bonchev–Trinajstić information content (AvgIpc) is 4.40. The molecular formula is C58H56ClF2N9O6S. The molecule has 2 aliphatic carbocycles. The molecule has 0 radical (unpaired) electrons. The summed E-state index contributed by atoms with van der Waals surface area (Å²) < 4.78 is 39.5. The number of pyridine rings is 2. The Hall–Kier alpha value is -7.12. The van der Waals surface area contributed by atoms with Crippen molar-refractivity contribution in [2.45, 2.75) is 103 Å². The average molecular weight is 1080 g/mol. The van der Waals surface area contributed by atoms with E-state index in [1.165, 1.54) is 22.6 Å². The highest BCUT2D eigenvalue weighted by Crippen LogP contribution is 2.53. The number of aryl methyl sites for hydroxylation is 3. The number of hydrogen-bond donors (Lipinski definition) is 2. The summed E-state index contributed by atoms with van der Waals surface area (Å²) in [6.07, 6.45) is 4.53. The van der Waals surface area contributed by atoms with Crippen molar-refractivity contribution in [3.8, 4) is 33.9 Å². The number of aromatic nitrogens is 4. The van der Waals surface area contributed by atoms with Crippen molar-refractivity contribution in [1.29, 1.82) is 0 Å². The molecule has 12 rings (SSSR count). The van der Waals surface area contributed by atoms with Crippen molar-refractivity contribution in [3.63, 3.8) is 0 Å². The van der Waals surface area contributed by atoms with Crippen molar-refractivity contribution in [3.05, 3.63) is 141 Å². The maximum atomic E-state index is 13.7. The Balaban J connectivity index is 0.631. The van der Waals surface area contributed by atoms with Gasteiger partial charge in [-0.2, -0.15) is 5.10 Å². The molecule has 77 heavy (non-hydrogen) atoms. The number of halogens is 3. The Bertz CT molecular complexity index is 3510. The summed E-state index contributed by atoms with van der Waals surface area (Å²) in [5.41, 5.74) is 8.71. The number of carbonyl (C=O) groups is 4. The molecule has 3 aromatic carbocycles. The van der Waals surface area contributed by atoms with E-state index in [4.69, 9.17) is 16.6 Å². The predicted molar refractivity (Wildman–Crippen MR) is 287 cm³/mol. The van der Waals surface area contributed by atoms with E-state index in [2.05, 4.69) is 73.0 Å². The summed E-state index contributed by atoms with van der Waals surface area (Å²) in [5, 5.41) is 11.3. The van der Waals surface area contributed by atoms with Crippen LogP contribution in [0.25, 0.3) is 32.6 Å². The molecule has 2 saturated carbocycles. The van der Waals surface area contributed by atoms with Gasteiger partial charge in [0.2, 0.25) is 17.7 Å². The zero-order valence-corrected chi connectivity index (χ0v) is 44.5. The van der Waals surface area contributed by atoms with E-state index in [1.807, 2.05) is 54.3 Å². The standard InChI is InChI=1S/C58H56ClF2N9O6S/c1-32-9-12-50(66-56(74)57(14-15-57)39-10-11-48-49(21-39)76-58(60,61)75-48)65-51(32)37-7-5-8-38(20-37)53(71)63-16-6-18-68-29-36(25-64-68)28-67-26-34(3)69(35(4)27-67)31-46-33(2)19-40(59)22-43(46)42-13-17-62-47-23-41(77-52(42)47)30-70-54(72)44-24-45(44)55(70)73/h5,7-13,17,19-23,25,29,34-35,44-45H,6,14-16,18,24,26-28,30-31H2,1-4H3,(H,63,71)(H,65,66,74)/t34-,35-,44?,45?/m0/s1. The molecule has 15 nitrogen and oxygen atoms in total. The van der Waals surface area contributed by atoms with Crippen LogP contribution in [0.15, 0.2) is 97.5 Å². The second kappa shape index (κ2) is 19.7. The van der Waals surface area contributed by atoms with Crippen LogP contribution in [0.1, 0.15) is 82.6 Å². The number of nitrogens with one attached hydrogen (secondary N) is 2. The molecule has 2 saturated heterocycles. The third-order valence-corrected chi connectivity index (χ3v) is 17.2. The maximum absolute atomic E-state index is 13.7. The van der Waals surface area contributed by atoms with Crippen LogP contribution < -0.4 is 20.1 Å². The minimum atomic E-state index is -3.75. The second-order valence-electron chi connectivity index (χ2n) is 21.3. The van der Waals surface area contributed by atoms with Gasteiger partial charge in [-0.3, -0.25) is 43.5 Å². The van der Waals surface area contributed by atoms with E-state index in [0.717, 1.165) is 69.1 Å². The lowest BCUT2D eigenvalue weighted by molar-refractivity contribution is -0.286. The van der Waals surface area contributed by atoms with Crippen LogP contribution in [0.5, 0.6) is 11.5 Å². The van der Waals surface area contributed by atoms with Crippen LogP contribution in [-0.2, 0) is 46.0 Å². The third kappa shape index (κ3) is 9.96. The normalized spacial score (nSPS) is 21.2. The molecule has 19 heteroatoms. The first-order chi connectivity index (χ1) is 37.0. The van der Waals surface area contributed by atoms with Crippen molar-refractivity contribution >= 4 is 62.6 Å². The fourth-order valence-corrected chi connectivity index (χ4v) is 12.9. The number of thiophene rings is 1. The number of hydrogen-bond acceptors (Lipinski definition) is 12. The minimum absolute atomic E-state index is 0.0523. The van der Waals surface area contributed by atoms with Gasteiger partial charge in [-0.05, 0) is 136 Å². The van der Waals surface area contributed by atoms with Gasteiger partial charge in [0.05, 0.1) is 45.9 Å². The number of imide groups is 1. The second-order valence-corrected chi connectivity index (χ2v) is 22.9. The highest BCUT2D eigenvalue weighted by atomic mass is 35.5. The summed E-state index contributed by atoms with van der Waals surface area (Å²) in [4.78, 5) is 69.5. The third-order valence-electron chi connectivity index (χ3n) is 15.8. The van der Waals surface area contributed by atoms with Crippen LogP contribution in [-0.4, -0.2) is 96.1 Å². The fraction of sp³-hybridized carbons (Fsp3) is 0.362. The number of carbonyl (C=O) groups excluding carboxylic acids is 4. The maximum Gasteiger partial charge on any atom is 0.586 e. The Labute approximate surface area is 452 Å². The molecule has 4 fully saturated rings. The molecule has 396 valence electrons. The van der Waals surface area contributed by atoms with Gasteiger partial charge < -0.3 is 20.1 Å². The summed E-state index contributed by atoms with van der Waals surface area (Å²) >= 11 is 8.36. The summed E-state index contributed by atoms with van der Waals surface area (Å²) in [5.74, 6) is -0.726. The molecule has 3 aliphatic heterocycles. The van der Waals surface area contributed by atoms with Gasteiger partial charge in [0, 0.05) is 95.9 Å². The van der Waals surface area contributed by atoms with Crippen LogP contribution in [0, 0.1) is 25.7 Å². The summed E-state index contributed by atoms with van der Waals surface area (Å²) in [7, 11) is 0. The number of likely N-dealkylation sites (tertiary alicyclic amines) is 1. The predicted octanol–water partition coefficient (Wildman–Crippen LogP) is 9.90. The van der Waals surface area contributed by atoms with Gasteiger partial charge in [0.25, 0.3) is 5.91 Å². The first-order valence-corrected chi connectivity index (χ1v) is 27.3. The number of anilines is 1. The molecule has 2 N–H and O–H groups in total. The Kier molecular flexibility index (Phi) is 13.0. The summed E-state index contributed by atoms with van der Waals surface area (Å²) in [6, 6.07) is 23.9. The van der Waals surface area contributed by atoms with E-state index in [0.29, 0.717) is 72.0 Å². The smallest absolute Gasteiger partial charge is 0.395 e. The lowest BCUT2D eigenvalue weighted by atomic mass is 9.94. The first kappa shape index (κ1) is 50.7. The van der Waals surface area contributed by atoms with Crippen molar-refractivity contribution in [2.75, 3.05) is 25.0 Å². The topological polar surface area (TPSA) is 164 Å². The largest absolute Gasteiger partial charge is 0.586 e. The number of piperidine rings is 1. The zero-order chi connectivity index (χ0) is 53.5. The fourth-order valence-electron chi connectivity index (χ4n) is 11.5. The molecule has 0 bridgehead atoms. The molecule has 4 aromatic heterocycles. The zero-order valence-electron chi connectivity index (χ0n) is 42.9. The van der Waals surface area contributed by atoms with Crippen molar-refractivity contribution in [2.24, 2.45) is 11.8 Å². The highest BCUT2D eigenvalue weighted by Gasteiger charge is 2.59. The van der Waals surface area contributed by atoms with Gasteiger partial charge in [0.15, 0.2) is 11.5 Å². The first-order valence-electron chi connectivity index (χ1n) is 26.1. The van der Waals surface area contributed by atoms with Gasteiger partial charge >= 0.3 is 6.29 Å². The van der Waals surface area contributed by atoms with Gasteiger partial charge in [-0.15, -0.1) is 20.1 Å². The molecular weight excluding hydrogens is 1020 g/mol. The quantitative estimate of drug-likeness (QED) is 0.0700. The molecule has 0 spiro atoms. The number of amides is 4. The number of ether oxygens (including phenoxy) is 2. The SMILES string of the molecule is Cc1ccc(NC(=O)C2(c3ccc4c(c3)OC(F)(F)O4)CC2)nc1-c1cccc(C(=O)NCCCn2cc(CN3C[C@H](C)N(Cc4c(C)cc(Cl)cc4-c4ccnc5cc(CN6C(=O)C7CC7C6=O)sc45)[C@@H](C)C3)cn2)c1. The Morgan fingerprint density at radius 2 is 1.65 bits per heavy atom. The molecule has 7 heterocycles. The molecule has 2 unspecified atom stereocenters. The lowest BCUT2D eigenvalue weighted by Crippen LogP contribution is -2.55. The van der Waals surface area contributed by atoms with Crippen molar-refractivity contribution in [1.82, 2.24) is 39.8 Å². The monoisotopic (exact) mass is 1080 g/mol. The van der Waals surface area contributed by atoms with Crippen LogP contribution >= 0.6 is 22.9 Å². The van der Waals surface area contributed by atoms with Crippen molar-refractivity contribution < 1.29 is 37.4 Å². The van der Waals surface area contributed by atoms with Crippen LogP contribution in [0.3, 0.4) is 0 Å². The molecule has 7 aromatic rings. The van der Waals surface area contributed by atoms with Gasteiger partial charge in [0.1, 0.15) is 5.82 Å². The van der Waals surface area contributed by atoms with Crippen LogP contribution in [0.4, 0.5) is 14.6 Å². The number of rotatable bonds is 16. The highest BCUT2D eigenvalue weighted by molar-refractivity contribution is 7.19. The molecule has 4 amide bonds. The Morgan fingerprint density at radius 1 is 0.870 bits per heavy atom. The van der Waals surface area contributed by atoms with Gasteiger partial charge in [-0.25, -0.2) is 4.98 Å². The molecule has 4 atom stereocenters. The number of piperazine rings is 1. The number of nitrogens with zero attached hydrogens (tertiary/aromatic N) is 7. The van der Waals surface area contributed by atoms with E-state index < -0.39 is 11.7 Å². The van der Waals surface area contributed by atoms with Gasteiger partial charge in [-0.1, -0.05) is 35.9 Å². The number of fused-ring (bicyclic) bond motifs is 3. The van der Waals surface area contributed by atoms with E-state index in [1.54, 1.807) is 41.7 Å². The summed E-state index contributed by atoms with van der Waals surface area (Å²) in [6.45, 7) is 13.2. The Morgan fingerprint density at radius 3 is 2.43 bits per heavy atom. The van der Waals surface area contributed by atoms with E-state index in [-0.39, 0.29) is 65.6 Å².